The van der Waals surface area contributed by atoms with E-state index in [0.29, 0.717) is 5.04 Å². The van der Waals surface area contributed by atoms with Crippen molar-refractivity contribution in [1.82, 2.24) is 10.3 Å². The zero-order valence-electron chi connectivity index (χ0n) is 15.1. The summed E-state index contributed by atoms with van der Waals surface area (Å²) in [6.45, 7) is 0.809. The smallest absolute Gasteiger partial charge is 0.261 e. The van der Waals surface area contributed by atoms with E-state index in [-0.39, 0.29) is 24.9 Å². The minimum Gasteiger partial charge on any atom is -0.306 e. The lowest BCUT2D eigenvalue weighted by atomic mass is 9.92. The van der Waals surface area contributed by atoms with E-state index < -0.39 is 16.5 Å². The topological polar surface area (TPSA) is 44.7 Å². The van der Waals surface area contributed by atoms with Gasteiger partial charge in [-0.1, -0.05) is 19.2 Å². The van der Waals surface area contributed by atoms with E-state index in [0.717, 1.165) is 62.4 Å². The number of carbonyl (C=O) groups excluding carboxylic acids is 1. The molecule has 5 rings (SSSR count). The van der Waals surface area contributed by atoms with Gasteiger partial charge in [-0.05, 0) is 68.3 Å². The molecule has 0 saturated carbocycles. The van der Waals surface area contributed by atoms with Gasteiger partial charge in [0, 0.05) is 16.0 Å². The van der Waals surface area contributed by atoms with Crippen LogP contribution in [0.3, 0.4) is 0 Å². The van der Waals surface area contributed by atoms with Gasteiger partial charge in [-0.2, -0.15) is 5.10 Å². The number of fused-ring (bicyclic) bond motifs is 2. The molecule has 1 aromatic heterocycles. The third kappa shape index (κ3) is 3.31. The van der Waals surface area contributed by atoms with Crippen LogP contribution in [0.1, 0.15) is 49.1 Å². The van der Waals surface area contributed by atoms with Crippen LogP contribution in [0.4, 0.5) is 8.78 Å². The van der Waals surface area contributed by atoms with E-state index in [1.54, 1.807) is 16.3 Å². The Morgan fingerprint density at radius 2 is 2.14 bits per heavy atom. The summed E-state index contributed by atoms with van der Waals surface area (Å²) in [5.41, 5.74) is 1.19. The Morgan fingerprint density at radius 1 is 1.28 bits per heavy atom. The van der Waals surface area contributed by atoms with E-state index in [4.69, 9.17) is 0 Å². The summed E-state index contributed by atoms with van der Waals surface area (Å²) >= 11 is 3.06. The number of nitrogens with zero attached hydrogens (tertiary/aromatic N) is 2. The van der Waals surface area contributed by atoms with Crippen LogP contribution >= 0.6 is 23.1 Å². The molecule has 154 valence electrons. The molecular weight excluding hydrogens is 412 g/mol. The molecule has 1 aromatic carbocycles. The van der Waals surface area contributed by atoms with Crippen LogP contribution in [-0.4, -0.2) is 28.5 Å². The standard InChI is InChI=1S/C20H19F2N3OS2.CH4/c21-12-5-6-15(22)13(11-12)18-24-25(19(26)16-3-2-9-23-16)20(28-18)8-1-4-17-14(20)7-10-27-17;/h5-7,10-11,16,23H,1-4,8-9H2;1H4/t16-,20?;/m0./s1. The van der Waals surface area contributed by atoms with Gasteiger partial charge >= 0.3 is 0 Å². The normalized spacial score (nSPS) is 25.7. The Hall–Kier alpha value is -1.77. The second-order valence-electron chi connectivity index (χ2n) is 7.33. The third-order valence-corrected chi connectivity index (χ3v) is 8.02. The van der Waals surface area contributed by atoms with Crippen LogP contribution < -0.4 is 5.32 Å². The van der Waals surface area contributed by atoms with Crippen molar-refractivity contribution in [2.24, 2.45) is 5.10 Å². The molecule has 2 atom stereocenters. The number of carbonyl (C=O) groups is 1. The van der Waals surface area contributed by atoms with Crippen molar-refractivity contribution in [2.75, 3.05) is 6.54 Å². The highest BCUT2D eigenvalue weighted by Crippen LogP contribution is 2.55. The zero-order valence-corrected chi connectivity index (χ0v) is 16.7. The van der Waals surface area contributed by atoms with Gasteiger partial charge in [-0.25, -0.2) is 13.8 Å². The minimum atomic E-state index is -0.678. The number of rotatable bonds is 2. The highest BCUT2D eigenvalue weighted by atomic mass is 32.2. The molecule has 3 heterocycles. The maximum absolute atomic E-state index is 14.5. The Morgan fingerprint density at radius 3 is 2.93 bits per heavy atom. The number of thiophene rings is 1. The van der Waals surface area contributed by atoms with Crippen LogP contribution in [0.5, 0.6) is 0 Å². The van der Waals surface area contributed by atoms with Crippen molar-refractivity contribution < 1.29 is 13.6 Å². The predicted octanol–water partition coefficient (Wildman–Crippen LogP) is 4.84. The molecule has 1 aliphatic carbocycles. The lowest BCUT2D eigenvalue weighted by Gasteiger charge is -2.39. The van der Waals surface area contributed by atoms with Crippen molar-refractivity contribution >= 4 is 34.0 Å². The Bertz CT molecular complexity index is 971. The van der Waals surface area contributed by atoms with E-state index in [9.17, 15) is 13.6 Å². The van der Waals surface area contributed by atoms with Crippen molar-refractivity contribution in [2.45, 2.75) is 50.4 Å². The molecule has 2 aliphatic heterocycles. The first kappa shape index (κ1) is 20.5. The van der Waals surface area contributed by atoms with Crippen molar-refractivity contribution in [3.05, 3.63) is 57.3 Å². The molecule has 4 nitrogen and oxygen atoms in total. The molecule has 2 aromatic rings. The van der Waals surface area contributed by atoms with Gasteiger partial charge in [0.25, 0.3) is 5.91 Å². The van der Waals surface area contributed by atoms with Gasteiger partial charge in [0.1, 0.15) is 21.5 Å². The first-order valence-corrected chi connectivity index (χ1v) is 11.2. The molecule has 1 unspecified atom stereocenters. The van der Waals surface area contributed by atoms with Crippen LogP contribution in [0, 0.1) is 11.6 Å². The van der Waals surface area contributed by atoms with Crippen LogP contribution in [0.15, 0.2) is 34.7 Å². The Kier molecular flexibility index (Phi) is 5.52. The summed E-state index contributed by atoms with van der Waals surface area (Å²) in [6.07, 6.45) is 4.36. The quantitative estimate of drug-likeness (QED) is 0.734. The summed E-state index contributed by atoms with van der Waals surface area (Å²) in [7, 11) is 0. The first-order valence-electron chi connectivity index (χ1n) is 9.46. The monoisotopic (exact) mass is 435 g/mol. The Labute approximate surface area is 177 Å². The lowest BCUT2D eigenvalue weighted by Crippen LogP contribution is -2.49. The predicted molar refractivity (Wildman–Crippen MR) is 114 cm³/mol. The fraction of sp³-hybridized carbons (Fsp3) is 0.429. The lowest BCUT2D eigenvalue weighted by molar-refractivity contribution is -0.136. The average molecular weight is 436 g/mol. The summed E-state index contributed by atoms with van der Waals surface area (Å²) in [6, 6.07) is 5.14. The molecule has 1 amide bonds. The fourth-order valence-corrected chi connectivity index (χ4v) is 6.80. The number of hydrogen-bond acceptors (Lipinski definition) is 5. The molecule has 8 heteroatoms. The molecule has 29 heavy (non-hydrogen) atoms. The van der Waals surface area contributed by atoms with E-state index in [1.807, 2.05) is 5.38 Å². The summed E-state index contributed by atoms with van der Waals surface area (Å²) in [5, 5.41) is 11.8. The van der Waals surface area contributed by atoms with Crippen molar-refractivity contribution in [1.29, 1.82) is 0 Å². The molecule has 0 radical (unpaired) electrons. The number of aryl methyl sites for hydroxylation is 1. The van der Waals surface area contributed by atoms with Gasteiger partial charge in [0.15, 0.2) is 0 Å². The summed E-state index contributed by atoms with van der Waals surface area (Å²) in [5.74, 6) is -1.14. The maximum atomic E-state index is 14.5. The van der Waals surface area contributed by atoms with Gasteiger partial charge in [-0.3, -0.25) is 4.79 Å². The molecule has 1 N–H and O–H groups in total. The summed E-state index contributed by atoms with van der Waals surface area (Å²) < 4.78 is 28.3. The summed E-state index contributed by atoms with van der Waals surface area (Å²) in [4.78, 5) is 13.9. The number of halogens is 2. The minimum absolute atomic E-state index is 0. The van der Waals surface area contributed by atoms with E-state index in [2.05, 4.69) is 16.5 Å². The third-order valence-electron chi connectivity index (χ3n) is 5.61. The van der Waals surface area contributed by atoms with Crippen LogP contribution in [-0.2, 0) is 16.1 Å². The highest BCUT2D eigenvalue weighted by Gasteiger charge is 2.52. The van der Waals surface area contributed by atoms with Crippen molar-refractivity contribution in [3.8, 4) is 0 Å². The molecule has 0 bridgehead atoms. The van der Waals surface area contributed by atoms with Crippen LogP contribution in [0.25, 0.3) is 0 Å². The number of nitrogens with one attached hydrogen (secondary N) is 1. The van der Waals surface area contributed by atoms with Gasteiger partial charge in [-0.15, -0.1) is 11.3 Å². The maximum Gasteiger partial charge on any atom is 0.261 e. The average Bonchev–Trinajstić information content (AvgIpc) is 3.43. The molecule has 1 spiro atoms. The second kappa shape index (κ2) is 7.81. The first-order chi connectivity index (χ1) is 13.6. The molecular formula is C21H23F2N3OS2. The fourth-order valence-electron chi connectivity index (χ4n) is 4.27. The highest BCUT2D eigenvalue weighted by molar-refractivity contribution is 8.15. The zero-order chi connectivity index (χ0) is 19.3. The molecule has 3 aliphatic rings. The number of thioether (sulfide) groups is 1. The van der Waals surface area contributed by atoms with Crippen LogP contribution in [0.2, 0.25) is 0 Å². The number of hydrazone groups is 1. The Balaban J connectivity index is 0.00000205. The van der Waals surface area contributed by atoms with Gasteiger partial charge < -0.3 is 5.32 Å². The largest absolute Gasteiger partial charge is 0.306 e. The molecule has 1 fully saturated rings. The van der Waals surface area contributed by atoms with Gasteiger partial charge in [0.05, 0.1) is 6.04 Å². The second-order valence-corrected chi connectivity index (χ2v) is 9.59. The number of hydrogen-bond donors (Lipinski definition) is 1. The van der Waals surface area contributed by atoms with E-state index in [1.165, 1.54) is 16.6 Å². The SMILES string of the molecule is C.O=C([C@@H]1CCCN1)N1N=C(c2cc(F)ccc2F)SC12CCCc1sccc12. The number of amides is 1. The van der Waals surface area contributed by atoms with Gasteiger partial charge in [0.2, 0.25) is 0 Å². The number of benzene rings is 1. The van der Waals surface area contributed by atoms with E-state index >= 15 is 0 Å². The molecule has 1 saturated heterocycles. The van der Waals surface area contributed by atoms with Crippen molar-refractivity contribution in [3.63, 3.8) is 0 Å².